The van der Waals surface area contributed by atoms with E-state index in [9.17, 15) is 4.79 Å². The number of ether oxygens (including phenoxy) is 1. The van der Waals surface area contributed by atoms with Crippen LogP contribution in [0.15, 0.2) is 48.2 Å². The molecule has 0 aliphatic carbocycles. The lowest BCUT2D eigenvalue weighted by atomic mass is 10.0. The highest BCUT2D eigenvalue weighted by atomic mass is 16.5. The maximum atomic E-state index is 12.1. The van der Waals surface area contributed by atoms with Crippen LogP contribution >= 0.6 is 0 Å². The van der Waals surface area contributed by atoms with E-state index in [2.05, 4.69) is 31.3 Å². The van der Waals surface area contributed by atoms with Crippen LogP contribution in [0.4, 0.5) is 11.4 Å². The number of amides is 1. The molecule has 0 saturated heterocycles. The van der Waals surface area contributed by atoms with Gasteiger partial charge in [-0.2, -0.15) is 0 Å². The Bertz CT molecular complexity index is 746. The fourth-order valence-corrected chi connectivity index (χ4v) is 2.31. The van der Waals surface area contributed by atoms with Crippen LogP contribution in [0.3, 0.4) is 0 Å². The van der Waals surface area contributed by atoms with Crippen molar-refractivity contribution in [3.8, 4) is 5.75 Å². The number of nitrogens with one attached hydrogen (secondary N) is 1. The zero-order chi connectivity index (χ0) is 15.7. The molecule has 3 rings (SSSR count). The van der Waals surface area contributed by atoms with Crippen molar-refractivity contribution >= 4 is 23.4 Å². The first-order chi connectivity index (χ1) is 10.5. The van der Waals surface area contributed by atoms with E-state index in [1.54, 1.807) is 24.3 Å². The largest absolute Gasteiger partial charge is 0.449 e. The standard InChI is InChI=1S/C18H18N2O2/c1-11(2)13-5-3-12(4-6-13)9-17-18(21)20-15-10-14(19)7-8-16(15)22-17/h3-11H,19H2,1-2H3,(H,20,21)/b17-9+. The van der Waals surface area contributed by atoms with Crippen LogP contribution in [0.1, 0.15) is 30.9 Å². The Balaban J connectivity index is 1.88. The van der Waals surface area contributed by atoms with E-state index in [1.807, 2.05) is 12.1 Å². The van der Waals surface area contributed by atoms with Crippen molar-refractivity contribution in [1.29, 1.82) is 0 Å². The fourth-order valence-electron chi connectivity index (χ4n) is 2.31. The molecule has 0 saturated carbocycles. The van der Waals surface area contributed by atoms with E-state index in [0.717, 1.165) is 5.56 Å². The van der Waals surface area contributed by atoms with E-state index in [4.69, 9.17) is 10.5 Å². The monoisotopic (exact) mass is 294 g/mol. The molecule has 22 heavy (non-hydrogen) atoms. The summed E-state index contributed by atoms with van der Waals surface area (Å²) in [6, 6.07) is 13.3. The highest BCUT2D eigenvalue weighted by Gasteiger charge is 2.21. The quantitative estimate of drug-likeness (QED) is 0.654. The molecule has 0 atom stereocenters. The molecule has 4 heteroatoms. The Morgan fingerprint density at radius 2 is 1.86 bits per heavy atom. The van der Waals surface area contributed by atoms with Crippen LogP contribution in [0.25, 0.3) is 6.08 Å². The molecule has 0 fully saturated rings. The summed E-state index contributed by atoms with van der Waals surface area (Å²) in [7, 11) is 0. The lowest BCUT2D eigenvalue weighted by molar-refractivity contribution is -0.115. The van der Waals surface area contributed by atoms with Crippen molar-refractivity contribution in [3.05, 3.63) is 59.4 Å². The molecule has 1 amide bonds. The first-order valence-electron chi connectivity index (χ1n) is 7.23. The third kappa shape index (κ3) is 2.81. The van der Waals surface area contributed by atoms with Crippen molar-refractivity contribution in [1.82, 2.24) is 0 Å². The molecule has 0 spiro atoms. The minimum Gasteiger partial charge on any atom is -0.449 e. The number of nitrogens with two attached hydrogens (primary N) is 1. The van der Waals surface area contributed by atoms with Gasteiger partial charge in [0, 0.05) is 5.69 Å². The van der Waals surface area contributed by atoms with Gasteiger partial charge in [-0.05, 0) is 41.3 Å². The summed E-state index contributed by atoms with van der Waals surface area (Å²) in [5, 5.41) is 2.79. The van der Waals surface area contributed by atoms with Crippen LogP contribution in [-0.4, -0.2) is 5.91 Å². The molecule has 112 valence electrons. The normalized spacial score (nSPS) is 15.4. The van der Waals surface area contributed by atoms with E-state index >= 15 is 0 Å². The Morgan fingerprint density at radius 3 is 2.55 bits per heavy atom. The highest BCUT2D eigenvalue weighted by Crippen LogP contribution is 2.33. The van der Waals surface area contributed by atoms with Crippen LogP contribution in [0.2, 0.25) is 0 Å². The molecular formula is C18H18N2O2. The van der Waals surface area contributed by atoms with Gasteiger partial charge in [-0.1, -0.05) is 38.1 Å². The van der Waals surface area contributed by atoms with Gasteiger partial charge in [0.2, 0.25) is 0 Å². The van der Waals surface area contributed by atoms with Crippen molar-refractivity contribution in [3.63, 3.8) is 0 Å². The number of hydrogen-bond acceptors (Lipinski definition) is 3. The van der Waals surface area contributed by atoms with Gasteiger partial charge >= 0.3 is 0 Å². The number of carbonyl (C=O) groups excluding carboxylic acids is 1. The second-order valence-electron chi connectivity index (χ2n) is 5.64. The number of carbonyl (C=O) groups is 1. The van der Waals surface area contributed by atoms with Crippen molar-refractivity contribution in [2.75, 3.05) is 11.1 Å². The second-order valence-corrected chi connectivity index (χ2v) is 5.64. The maximum Gasteiger partial charge on any atom is 0.291 e. The average Bonchev–Trinajstić information content (AvgIpc) is 2.49. The van der Waals surface area contributed by atoms with E-state index in [0.29, 0.717) is 23.0 Å². The van der Waals surface area contributed by atoms with Crippen LogP contribution in [-0.2, 0) is 4.79 Å². The third-order valence-corrected chi connectivity index (χ3v) is 3.60. The summed E-state index contributed by atoms with van der Waals surface area (Å²) < 4.78 is 5.67. The highest BCUT2D eigenvalue weighted by molar-refractivity contribution is 6.08. The smallest absolute Gasteiger partial charge is 0.291 e. The summed E-state index contributed by atoms with van der Waals surface area (Å²) in [4.78, 5) is 12.1. The van der Waals surface area contributed by atoms with Crippen molar-refractivity contribution in [2.24, 2.45) is 0 Å². The summed E-state index contributed by atoms with van der Waals surface area (Å²) in [5.41, 5.74) is 9.07. The first kappa shape index (κ1) is 14.2. The van der Waals surface area contributed by atoms with Gasteiger partial charge in [-0.3, -0.25) is 4.79 Å². The number of benzene rings is 2. The zero-order valence-corrected chi connectivity index (χ0v) is 12.6. The zero-order valence-electron chi connectivity index (χ0n) is 12.6. The molecule has 4 nitrogen and oxygen atoms in total. The Morgan fingerprint density at radius 1 is 1.14 bits per heavy atom. The minimum atomic E-state index is -0.272. The van der Waals surface area contributed by atoms with Crippen LogP contribution in [0, 0.1) is 0 Å². The lowest BCUT2D eigenvalue weighted by Crippen LogP contribution is -2.23. The molecular weight excluding hydrogens is 276 g/mol. The molecule has 1 aliphatic rings. The van der Waals surface area contributed by atoms with Gasteiger partial charge < -0.3 is 15.8 Å². The summed E-state index contributed by atoms with van der Waals surface area (Å²) in [6.45, 7) is 4.29. The predicted octanol–water partition coefficient (Wildman–Crippen LogP) is 3.76. The molecule has 2 aromatic carbocycles. The number of fused-ring (bicyclic) bond motifs is 1. The predicted molar refractivity (Wildman–Crippen MR) is 88.6 cm³/mol. The Labute approximate surface area is 129 Å². The molecule has 3 N–H and O–H groups in total. The van der Waals surface area contributed by atoms with Gasteiger partial charge in [-0.15, -0.1) is 0 Å². The van der Waals surface area contributed by atoms with E-state index < -0.39 is 0 Å². The fraction of sp³-hybridized carbons (Fsp3) is 0.167. The lowest BCUT2D eigenvalue weighted by Gasteiger charge is -2.20. The second kappa shape index (κ2) is 5.56. The molecule has 2 aromatic rings. The van der Waals surface area contributed by atoms with E-state index in [1.165, 1.54) is 5.56 Å². The Hall–Kier alpha value is -2.75. The van der Waals surface area contributed by atoms with Gasteiger partial charge in [0.15, 0.2) is 11.5 Å². The maximum absolute atomic E-state index is 12.1. The van der Waals surface area contributed by atoms with E-state index in [-0.39, 0.29) is 11.7 Å². The number of rotatable bonds is 2. The molecule has 0 aromatic heterocycles. The van der Waals surface area contributed by atoms with Gasteiger partial charge in [0.25, 0.3) is 5.91 Å². The Kier molecular flexibility index (Phi) is 3.59. The first-order valence-corrected chi connectivity index (χ1v) is 7.23. The molecule has 0 bridgehead atoms. The van der Waals surface area contributed by atoms with Gasteiger partial charge in [0.1, 0.15) is 0 Å². The third-order valence-electron chi connectivity index (χ3n) is 3.60. The summed E-state index contributed by atoms with van der Waals surface area (Å²) in [6.07, 6.45) is 1.73. The molecule has 0 radical (unpaired) electrons. The topological polar surface area (TPSA) is 64.3 Å². The molecule has 1 aliphatic heterocycles. The van der Waals surface area contributed by atoms with Crippen LogP contribution < -0.4 is 15.8 Å². The van der Waals surface area contributed by atoms with Crippen molar-refractivity contribution in [2.45, 2.75) is 19.8 Å². The SMILES string of the molecule is CC(C)c1ccc(/C=C2/Oc3ccc(N)cc3NC2=O)cc1. The average molecular weight is 294 g/mol. The number of anilines is 2. The van der Waals surface area contributed by atoms with Gasteiger partial charge in [0.05, 0.1) is 5.69 Å². The van der Waals surface area contributed by atoms with Crippen molar-refractivity contribution < 1.29 is 9.53 Å². The number of nitrogen functional groups attached to an aromatic ring is 1. The van der Waals surface area contributed by atoms with Gasteiger partial charge in [-0.25, -0.2) is 0 Å². The number of hydrogen-bond donors (Lipinski definition) is 2. The minimum absolute atomic E-state index is 0.272. The summed E-state index contributed by atoms with van der Waals surface area (Å²) in [5.74, 6) is 1.08. The summed E-state index contributed by atoms with van der Waals surface area (Å²) >= 11 is 0. The molecule has 0 unspecified atom stereocenters. The molecule has 1 heterocycles. The van der Waals surface area contributed by atoms with Crippen LogP contribution in [0.5, 0.6) is 5.75 Å².